The van der Waals surface area contributed by atoms with Crippen molar-refractivity contribution in [1.82, 2.24) is 0 Å². The van der Waals surface area contributed by atoms with E-state index in [0.717, 1.165) is 48.2 Å². The van der Waals surface area contributed by atoms with Crippen LogP contribution in [-0.2, 0) is 0 Å². The third-order valence-electron chi connectivity index (χ3n) is 9.65. The van der Waals surface area contributed by atoms with Crippen LogP contribution in [0.4, 0.5) is 0 Å². The zero-order valence-corrected chi connectivity index (χ0v) is 22.3. The third-order valence-corrected chi connectivity index (χ3v) is 9.65. The van der Waals surface area contributed by atoms with Crippen molar-refractivity contribution in [3.8, 4) is 0 Å². The number of hydrogen-bond acceptors (Lipinski definition) is 2. The minimum absolute atomic E-state index is 0.0620. The standard InChI is InChI=1S/C31H52O2/c1-7-8-14-26-29(32)20-25(23(5)30(26)33)16-15-24-13-10-19-31(6)27(17-18-28(24)31)22(4)12-9-11-21(2)3/h15-16,21-22,26-30,32-33H,5,7-14,17-20H2,1-4,6H3/t22-,26-,27-,28+,29-,30-,31-/m1/s1. The van der Waals surface area contributed by atoms with Gasteiger partial charge in [-0.05, 0) is 85.2 Å². The Bertz CT molecular complexity index is 716. The van der Waals surface area contributed by atoms with E-state index in [9.17, 15) is 10.2 Å². The van der Waals surface area contributed by atoms with Crippen LogP contribution in [0, 0.1) is 35.0 Å². The van der Waals surface area contributed by atoms with Gasteiger partial charge in [0.25, 0.3) is 0 Å². The molecule has 0 saturated heterocycles. The number of aliphatic hydroxyl groups excluding tert-OH is 2. The fourth-order valence-corrected chi connectivity index (χ4v) is 7.60. The van der Waals surface area contributed by atoms with Crippen LogP contribution in [0.2, 0.25) is 0 Å². The molecule has 2 nitrogen and oxygen atoms in total. The van der Waals surface area contributed by atoms with Crippen molar-refractivity contribution in [3.63, 3.8) is 0 Å². The van der Waals surface area contributed by atoms with Crippen molar-refractivity contribution < 1.29 is 10.2 Å². The number of rotatable bonds is 9. The normalized spacial score (nSPS) is 38.3. The summed E-state index contributed by atoms with van der Waals surface area (Å²) >= 11 is 0. The molecule has 188 valence electrons. The van der Waals surface area contributed by atoms with Crippen molar-refractivity contribution in [2.45, 2.75) is 124 Å². The third kappa shape index (κ3) is 6.04. The summed E-state index contributed by atoms with van der Waals surface area (Å²) in [5.74, 6) is 3.12. The highest BCUT2D eigenvalue weighted by Crippen LogP contribution is 2.60. The molecule has 0 radical (unpaired) electrons. The lowest BCUT2D eigenvalue weighted by molar-refractivity contribution is 0.0131. The second kappa shape index (κ2) is 11.7. The number of unbranched alkanes of at least 4 members (excludes halogenated alkanes) is 1. The van der Waals surface area contributed by atoms with Gasteiger partial charge in [0.15, 0.2) is 0 Å². The van der Waals surface area contributed by atoms with E-state index in [1.165, 1.54) is 51.4 Å². The molecule has 0 heterocycles. The van der Waals surface area contributed by atoms with Crippen LogP contribution in [0.3, 0.4) is 0 Å². The second-order valence-electron chi connectivity index (χ2n) is 12.4. The van der Waals surface area contributed by atoms with Crippen molar-refractivity contribution in [2.24, 2.45) is 35.0 Å². The molecule has 3 fully saturated rings. The van der Waals surface area contributed by atoms with Gasteiger partial charge in [0.2, 0.25) is 0 Å². The zero-order valence-electron chi connectivity index (χ0n) is 22.3. The molecule has 3 aliphatic carbocycles. The van der Waals surface area contributed by atoms with Crippen molar-refractivity contribution >= 4 is 0 Å². The van der Waals surface area contributed by atoms with Gasteiger partial charge in [0.1, 0.15) is 0 Å². The van der Waals surface area contributed by atoms with Gasteiger partial charge in [-0.15, -0.1) is 0 Å². The largest absolute Gasteiger partial charge is 0.392 e. The highest BCUT2D eigenvalue weighted by molar-refractivity contribution is 5.39. The van der Waals surface area contributed by atoms with Crippen LogP contribution >= 0.6 is 0 Å². The minimum Gasteiger partial charge on any atom is -0.392 e. The summed E-state index contributed by atoms with van der Waals surface area (Å²) in [6.45, 7) is 16.2. The maximum atomic E-state index is 10.8. The predicted molar refractivity (Wildman–Crippen MR) is 141 cm³/mol. The molecule has 33 heavy (non-hydrogen) atoms. The smallest absolute Gasteiger partial charge is 0.0839 e. The predicted octanol–water partition coefficient (Wildman–Crippen LogP) is 8.01. The van der Waals surface area contributed by atoms with Gasteiger partial charge in [-0.1, -0.05) is 91.0 Å². The molecule has 0 aromatic heterocycles. The first-order chi connectivity index (χ1) is 15.7. The SMILES string of the molecule is C=C1C(=CC=C2CCC[C@]3(C)[C@@H]([C@H](C)CCCC(C)C)CC[C@@H]23)C[C@@H](O)[C@@H](CCCC)[C@@H]1O. The molecule has 0 unspecified atom stereocenters. The highest BCUT2D eigenvalue weighted by atomic mass is 16.3. The van der Waals surface area contributed by atoms with Gasteiger partial charge < -0.3 is 10.2 Å². The van der Waals surface area contributed by atoms with E-state index in [4.69, 9.17) is 0 Å². The summed E-state index contributed by atoms with van der Waals surface area (Å²) < 4.78 is 0. The van der Waals surface area contributed by atoms with Gasteiger partial charge in [-0.2, -0.15) is 0 Å². The number of hydrogen-bond donors (Lipinski definition) is 2. The van der Waals surface area contributed by atoms with Gasteiger partial charge >= 0.3 is 0 Å². The molecule has 2 N–H and O–H groups in total. The summed E-state index contributed by atoms with van der Waals surface area (Å²) in [5.41, 5.74) is 3.94. The van der Waals surface area contributed by atoms with Crippen molar-refractivity contribution in [3.05, 3.63) is 35.5 Å². The summed E-state index contributed by atoms with van der Waals surface area (Å²) in [4.78, 5) is 0. The van der Waals surface area contributed by atoms with E-state index in [2.05, 4.69) is 53.3 Å². The quantitative estimate of drug-likeness (QED) is 0.369. The molecular weight excluding hydrogens is 404 g/mol. The molecule has 7 atom stereocenters. The van der Waals surface area contributed by atoms with Crippen molar-refractivity contribution in [2.75, 3.05) is 0 Å². The molecule has 0 aromatic carbocycles. The van der Waals surface area contributed by atoms with Crippen LogP contribution in [0.5, 0.6) is 0 Å². The number of fused-ring (bicyclic) bond motifs is 1. The highest BCUT2D eigenvalue weighted by Gasteiger charge is 2.50. The van der Waals surface area contributed by atoms with E-state index < -0.39 is 12.2 Å². The van der Waals surface area contributed by atoms with Gasteiger partial charge in [-0.3, -0.25) is 0 Å². The second-order valence-corrected chi connectivity index (χ2v) is 12.4. The molecule has 0 aliphatic heterocycles. The molecule has 3 aliphatic rings. The van der Waals surface area contributed by atoms with Gasteiger partial charge in [0, 0.05) is 5.92 Å². The molecular formula is C31H52O2. The van der Waals surface area contributed by atoms with Crippen LogP contribution in [0.15, 0.2) is 35.5 Å². The molecule has 3 rings (SSSR count). The summed E-state index contributed by atoms with van der Waals surface area (Å²) in [7, 11) is 0. The Hall–Kier alpha value is -0.860. The number of aliphatic hydroxyl groups is 2. The van der Waals surface area contributed by atoms with Crippen molar-refractivity contribution in [1.29, 1.82) is 0 Å². The summed E-state index contributed by atoms with van der Waals surface area (Å²) in [6, 6.07) is 0. The first-order valence-electron chi connectivity index (χ1n) is 14.1. The zero-order chi connectivity index (χ0) is 24.2. The monoisotopic (exact) mass is 456 g/mol. The van der Waals surface area contributed by atoms with E-state index in [1.54, 1.807) is 5.57 Å². The van der Waals surface area contributed by atoms with Crippen LogP contribution in [0.25, 0.3) is 0 Å². The Morgan fingerprint density at radius 2 is 1.85 bits per heavy atom. The summed E-state index contributed by atoms with van der Waals surface area (Å²) in [5, 5.41) is 21.5. The molecule has 0 amide bonds. The van der Waals surface area contributed by atoms with E-state index in [1.807, 2.05) is 0 Å². The van der Waals surface area contributed by atoms with Crippen LogP contribution in [-0.4, -0.2) is 22.4 Å². The average Bonchev–Trinajstić information content (AvgIpc) is 3.12. The lowest BCUT2D eigenvalue weighted by atomic mass is 9.60. The first-order valence-corrected chi connectivity index (χ1v) is 14.1. The Kier molecular flexibility index (Phi) is 9.49. The van der Waals surface area contributed by atoms with E-state index >= 15 is 0 Å². The molecule has 0 aromatic rings. The average molecular weight is 457 g/mol. The van der Waals surface area contributed by atoms with E-state index in [-0.39, 0.29) is 5.92 Å². The Morgan fingerprint density at radius 1 is 1.09 bits per heavy atom. The van der Waals surface area contributed by atoms with Crippen LogP contribution < -0.4 is 0 Å². The minimum atomic E-state index is -0.607. The molecule has 0 spiro atoms. The first kappa shape index (κ1) is 26.7. The molecule has 2 heteroatoms. The van der Waals surface area contributed by atoms with Crippen LogP contribution in [0.1, 0.15) is 112 Å². The Labute approximate surface area is 204 Å². The Balaban J connectivity index is 1.70. The topological polar surface area (TPSA) is 40.5 Å². The maximum absolute atomic E-state index is 10.8. The number of allylic oxidation sites excluding steroid dienone is 3. The van der Waals surface area contributed by atoms with Gasteiger partial charge in [0.05, 0.1) is 12.2 Å². The fraction of sp³-hybridized carbons (Fsp3) is 0.806. The molecule has 0 bridgehead atoms. The summed E-state index contributed by atoms with van der Waals surface area (Å²) in [6.07, 6.45) is 17.8. The lowest BCUT2D eigenvalue weighted by Crippen LogP contribution is -2.38. The van der Waals surface area contributed by atoms with Gasteiger partial charge in [-0.25, -0.2) is 0 Å². The fourth-order valence-electron chi connectivity index (χ4n) is 7.60. The van der Waals surface area contributed by atoms with E-state index in [0.29, 0.717) is 17.8 Å². The lowest BCUT2D eigenvalue weighted by Gasteiger charge is -2.44. The molecule has 3 saturated carbocycles. The Morgan fingerprint density at radius 3 is 2.55 bits per heavy atom. The maximum Gasteiger partial charge on any atom is 0.0839 e.